The van der Waals surface area contributed by atoms with E-state index in [0.717, 1.165) is 23.5 Å². The van der Waals surface area contributed by atoms with E-state index < -0.39 is 0 Å². The zero-order valence-electron chi connectivity index (χ0n) is 12.3. The topological polar surface area (TPSA) is 29.0 Å². The fourth-order valence-electron chi connectivity index (χ4n) is 3.75. The molecule has 2 saturated heterocycles. The van der Waals surface area contributed by atoms with E-state index in [4.69, 9.17) is 0 Å². The van der Waals surface area contributed by atoms with Crippen molar-refractivity contribution in [2.45, 2.75) is 24.7 Å². The average Bonchev–Trinajstić information content (AvgIpc) is 2.83. The smallest absolute Gasteiger partial charge is 0.123 e. The molecule has 2 fully saturated rings. The maximum Gasteiger partial charge on any atom is 0.123 e. The second kappa shape index (κ2) is 5.94. The Morgan fingerprint density at radius 2 is 1.95 bits per heavy atom. The van der Waals surface area contributed by atoms with Gasteiger partial charge in [-0.1, -0.05) is 12.1 Å². The number of aromatic nitrogens is 2. The van der Waals surface area contributed by atoms with Gasteiger partial charge in [-0.3, -0.25) is 0 Å². The maximum absolute atomic E-state index is 13.3. The molecule has 22 heavy (non-hydrogen) atoms. The first-order valence-corrected chi connectivity index (χ1v) is 7.58. The molecule has 2 unspecified atom stereocenters. The minimum atomic E-state index is -0.240. The molecule has 2 aliphatic rings. The predicted octanol–water partition coefficient (Wildman–Crippen LogP) is 3.44. The summed E-state index contributed by atoms with van der Waals surface area (Å²) in [6.07, 6.45) is 3.63. The molecule has 2 aliphatic heterocycles. The van der Waals surface area contributed by atoms with Crippen molar-refractivity contribution in [3.63, 3.8) is 0 Å². The molecule has 1 aromatic carbocycles. The van der Waals surface area contributed by atoms with Crippen LogP contribution in [0.2, 0.25) is 0 Å². The van der Waals surface area contributed by atoms with Crippen LogP contribution in [-0.4, -0.2) is 34.7 Å². The van der Waals surface area contributed by atoms with Gasteiger partial charge >= 0.3 is 0 Å². The lowest BCUT2D eigenvalue weighted by Gasteiger charge is -2.33. The van der Waals surface area contributed by atoms with Crippen LogP contribution in [0.25, 0.3) is 11.3 Å². The Labute approximate surface area is 136 Å². The number of benzene rings is 1. The Hall–Kier alpha value is -1.52. The Bertz CT molecular complexity index is 657. The molecule has 1 aromatic heterocycles. The maximum atomic E-state index is 13.3. The molecule has 5 heteroatoms. The van der Waals surface area contributed by atoms with Crippen molar-refractivity contribution in [2.75, 3.05) is 19.6 Å². The number of hydrogen-bond acceptors (Lipinski definition) is 3. The quantitative estimate of drug-likeness (QED) is 0.849. The predicted molar refractivity (Wildman–Crippen MR) is 86.6 cm³/mol. The van der Waals surface area contributed by atoms with Crippen molar-refractivity contribution in [1.29, 1.82) is 0 Å². The molecule has 0 amide bonds. The van der Waals surface area contributed by atoms with Crippen molar-refractivity contribution in [3.8, 4) is 11.3 Å². The van der Waals surface area contributed by atoms with Crippen LogP contribution in [-0.2, 0) is 5.41 Å². The van der Waals surface area contributed by atoms with Crippen LogP contribution in [0, 0.1) is 5.82 Å². The van der Waals surface area contributed by atoms with Gasteiger partial charge in [-0.25, -0.2) is 4.39 Å². The number of piperidine rings is 1. The molecule has 0 radical (unpaired) electrons. The molecule has 0 spiro atoms. The summed E-state index contributed by atoms with van der Waals surface area (Å²) in [5, 5.41) is 8.82. The minimum absolute atomic E-state index is 0. The minimum Gasteiger partial charge on any atom is -0.302 e. The van der Waals surface area contributed by atoms with Gasteiger partial charge in [0.1, 0.15) is 5.82 Å². The summed E-state index contributed by atoms with van der Waals surface area (Å²) >= 11 is 0. The van der Waals surface area contributed by atoms with Crippen LogP contribution in [0.4, 0.5) is 4.39 Å². The highest BCUT2D eigenvalue weighted by molar-refractivity contribution is 5.85. The highest BCUT2D eigenvalue weighted by Gasteiger charge is 2.43. The third-order valence-corrected chi connectivity index (χ3v) is 4.89. The average molecular weight is 320 g/mol. The van der Waals surface area contributed by atoms with Crippen LogP contribution in [0.3, 0.4) is 0 Å². The van der Waals surface area contributed by atoms with Crippen LogP contribution in [0.5, 0.6) is 0 Å². The third kappa shape index (κ3) is 2.61. The number of hydrogen-bond donors (Lipinski definition) is 0. The Kier molecular flexibility index (Phi) is 4.15. The summed E-state index contributed by atoms with van der Waals surface area (Å²) in [4.78, 5) is 2.52. The first-order chi connectivity index (χ1) is 10.3. The van der Waals surface area contributed by atoms with E-state index in [1.165, 1.54) is 44.5 Å². The molecule has 2 atom stereocenters. The molecule has 0 aliphatic carbocycles. The standard InChI is InChI=1S/C17H18FN3.ClH/c18-14-4-1-3-13(11-14)15-5-6-16(20-19-15)17-7-2-9-21(12-17)10-8-17;/h1,3-6,11H,2,7-10,12H2;1H. The molecule has 116 valence electrons. The van der Waals surface area contributed by atoms with Gasteiger partial charge < -0.3 is 4.90 Å². The van der Waals surface area contributed by atoms with Gasteiger partial charge in [0.2, 0.25) is 0 Å². The van der Waals surface area contributed by atoms with E-state index in [2.05, 4.69) is 21.2 Å². The molecule has 2 bridgehead atoms. The number of nitrogens with zero attached hydrogens (tertiary/aromatic N) is 3. The van der Waals surface area contributed by atoms with Crippen LogP contribution < -0.4 is 0 Å². The number of halogens is 2. The Balaban J connectivity index is 0.00000144. The van der Waals surface area contributed by atoms with Crippen molar-refractivity contribution in [1.82, 2.24) is 15.1 Å². The number of rotatable bonds is 2. The van der Waals surface area contributed by atoms with E-state index in [9.17, 15) is 4.39 Å². The summed E-state index contributed by atoms with van der Waals surface area (Å²) in [7, 11) is 0. The largest absolute Gasteiger partial charge is 0.302 e. The number of fused-ring (bicyclic) bond motifs is 2. The highest BCUT2D eigenvalue weighted by Crippen LogP contribution is 2.41. The fourth-order valence-corrected chi connectivity index (χ4v) is 3.75. The van der Waals surface area contributed by atoms with Gasteiger partial charge in [0.05, 0.1) is 11.4 Å². The van der Waals surface area contributed by atoms with E-state index in [1.54, 1.807) is 6.07 Å². The zero-order valence-corrected chi connectivity index (χ0v) is 13.2. The van der Waals surface area contributed by atoms with Crippen LogP contribution >= 0.6 is 12.4 Å². The first-order valence-electron chi connectivity index (χ1n) is 7.58. The van der Waals surface area contributed by atoms with Crippen LogP contribution in [0.1, 0.15) is 25.0 Å². The second-order valence-corrected chi connectivity index (χ2v) is 6.22. The van der Waals surface area contributed by atoms with Crippen molar-refractivity contribution in [2.24, 2.45) is 0 Å². The molecule has 3 nitrogen and oxygen atoms in total. The zero-order chi connectivity index (χ0) is 14.3. The lowest BCUT2D eigenvalue weighted by atomic mass is 9.78. The summed E-state index contributed by atoms with van der Waals surface area (Å²) in [5.74, 6) is -0.240. The van der Waals surface area contributed by atoms with Gasteiger partial charge in [-0.15, -0.1) is 12.4 Å². The molecule has 4 rings (SSSR count). The van der Waals surface area contributed by atoms with E-state index in [0.29, 0.717) is 0 Å². The van der Waals surface area contributed by atoms with Crippen molar-refractivity contribution in [3.05, 3.63) is 47.9 Å². The van der Waals surface area contributed by atoms with Gasteiger partial charge in [0.25, 0.3) is 0 Å². The SMILES string of the molecule is Cl.Fc1cccc(-c2ccc(C34CCCN(CC3)C4)nn2)c1. The molecule has 0 N–H and O–H groups in total. The van der Waals surface area contributed by atoms with Gasteiger partial charge in [0.15, 0.2) is 0 Å². The Morgan fingerprint density at radius 1 is 1.05 bits per heavy atom. The molecule has 2 aromatic rings. The van der Waals surface area contributed by atoms with Gasteiger partial charge in [0, 0.05) is 17.5 Å². The van der Waals surface area contributed by atoms with Crippen LogP contribution in [0.15, 0.2) is 36.4 Å². The summed E-state index contributed by atoms with van der Waals surface area (Å²) < 4.78 is 13.3. The lowest BCUT2D eigenvalue weighted by molar-refractivity contribution is 0.239. The highest BCUT2D eigenvalue weighted by atomic mass is 35.5. The van der Waals surface area contributed by atoms with E-state index in [-0.39, 0.29) is 23.6 Å². The van der Waals surface area contributed by atoms with Gasteiger partial charge in [-0.05, 0) is 56.6 Å². The first kappa shape index (κ1) is 15.4. The second-order valence-electron chi connectivity index (χ2n) is 6.22. The fraction of sp³-hybridized carbons (Fsp3) is 0.412. The van der Waals surface area contributed by atoms with Crippen molar-refractivity contribution >= 4 is 12.4 Å². The molecular weight excluding hydrogens is 301 g/mol. The lowest BCUT2D eigenvalue weighted by Crippen LogP contribution is -2.37. The van der Waals surface area contributed by atoms with E-state index >= 15 is 0 Å². The summed E-state index contributed by atoms with van der Waals surface area (Å²) in [5.41, 5.74) is 2.82. The van der Waals surface area contributed by atoms with Crippen molar-refractivity contribution < 1.29 is 4.39 Å². The van der Waals surface area contributed by atoms with E-state index in [1.807, 2.05) is 12.1 Å². The monoisotopic (exact) mass is 319 g/mol. The van der Waals surface area contributed by atoms with Gasteiger partial charge in [-0.2, -0.15) is 10.2 Å². The summed E-state index contributed by atoms with van der Waals surface area (Å²) in [6.45, 7) is 3.50. The summed E-state index contributed by atoms with van der Waals surface area (Å²) in [6, 6.07) is 10.6. The Morgan fingerprint density at radius 3 is 2.73 bits per heavy atom. The molecular formula is C17H19ClFN3. The third-order valence-electron chi connectivity index (χ3n) is 4.89. The molecule has 3 heterocycles. The normalized spacial score (nSPS) is 26.5. The molecule has 0 saturated carbocycles.